The van der Waals surface area contributed by atoms with Crippen LogP contribution in [0.1, 0.15) is 23.5 Å². The van der Waals surface area contributed by atoms with Gasteiger partial charge >= 0.3 is 5.97 Å². The van der Waals surface area contributed by atoms with E-state index in [1.54, 1.807) is 30.3 Å². The summed E-state index contributed by atoms with van der Waals surface area (Å²) in [5.74, 6) is -0.130. The van der Waals surface area contributed by atoms with E-state index in [0.717, 1.165) is 0 Å². The molecule has 2 heterocycles. The van der Waals surface area contributed by atoms with E-state index in [0.29, 0.717) is 28.2 Å². The van der Waals surface area contributed by atoms with Gasteiger partial charge in [0.05, 0.1) is 20.6 Å². The second kappa shape index (κ2) is 8.15. The third-order valence-electron chi connectivity index (χ3n) is 5.89. The number of benzene rings is 3. The fourth-order valence-corrected chi connectivity index (χ4v) is 4.38. The van der Waals surface area contributed by atoms with Crippen LogP contribution in [0, 0.1) is 0 Å². The van der Waals surface area contributed by atoms with E-state index in [-0.39, 0.29) is 40.4 Å². The van der Waals surface area contributed by atoms with Crippen LogP contribution in [-0.4, -0.2) is 30.4 Å². The molecule has 0 saturated carbocycles. The third kappa shape index (κ3) is 3.40. The average molecular weight is 460 g/mol. The van der Waals surface area contributed by atoms with E-state index in [1.807, 2.05) is 0 Å². The van der Waals surface area contributed by atoms with Crippen molar-refractivity contribution in [3.63, 3.8) is 0 Å². The highest BCUT2D eigenvalue weighted by atomic mass is 16.5. The summed E-state index contributed by atoms with van der Waals surface area (Å²) in [6.07, 6.45) is -0.0381. The molecule has 0 amide bonds. The second-order valence-corrected chi connectivity index (χ2v) is 7.85. The van der Waals surface area contributed by atoms with Gasteiger partial charge in [0.1, 0.15) is 34.0 Å². The molecule has 34 heavy (non-hydrogen) atoms. The number of phenols is 2. The first-order valence-electron chi connectivity index (χ1n) is 10.5. The van der Waals surface area contributed by atoms with E-state index in [1.165, 1.54) is 38.5 Å². The summed E-state index contributed by atoms with van der Waals surface area (Å²) in [4.78, 5) is 25.6. The number of hydrogen-bond acceptors (Lipinski definition) is 8. The minimum Gasteiger partial charge on any atom is -0.508 e. The van der Waals surface area contributed by atoms with Gasteiger partial charge in [-0.2, -0.15) is 0 Å². The molecular weight excluding hydrogens is 440 g/mol. The van der Waals surface area contributed by atoms with E-state index >= 15 is 0 Å². The Balaban J connectivity index is 1.83. The molecule has 0 bridgehead atoms. The van der Waals surface area contributed by atoms with E-state index in [2.05, 4.69) is 0 Å². The van der Waals surface area contributed by atoms with Crippen molar-refractivity contribution in [1.29, 1.82) is 0 Å². The van der Waals surface area contributed by atoms with Crippen LogP contribution in [0.4, 0.5) is 0 Å². The van der Waals surface area contributed by atoms with Crippen molar-refractivity contribution < 1.29 is 33.6 Å². The zero-order valence-electron chi connectivity index (χ0n) is 18.3. The molecule has 1 aromatic heterocycles. The number of esters is 1. The first-order chi connectivity index (χ1) is 16.4. The lowest BCUT2D eigenvalue weighted by Crippen LogP contribution is -2.22. The lowest BCUT2D eigenvalue weighted by Gasteiger charge is -2.27. The van der Waals surface area contributed by atoms with Gasteiger partial charge in [-0.1, -0.05) is 12.1 Å². The van der Waals surface area contributed by atoms with Gasteiger partial charge in [-0.25, -0.2) is 0 Å². The van der Waals surface area contributed by atoms with E-state index in [9.17, 15) is 19.8 Å². The minimum absolute atomic E-state index is 0.0221. The van der Waals surface area contributed by atoms with Crippen LogP contribution in [0.25, 0.3) is 22.3 Å². The fourth-order valence-electron chi connectivity index (χ4n) is 4.38. The molecule has 4 aromatic rings. The molecule has 0 spiro atoms. The van der Waals surface area contributed by atoms with Crippen LogP contribution in [0.2, 0.25) is 0 Å². The predicted octanol–water partition coefficient (Wildman–Crippen LogP) is 4.33. The number of carbonyl (C=O) groups is 1. The zero-order valence-corrected chi connectivity index (χ0v) is 18.3. The second-order valence-electron chi connectivity index (χ2n) is 7.85. The van der Waals surface area contributed by atoms with Crippen molar-refractivity contribution in [1.82, 2.24) is 0 Å². The zero-order chi connectivity index (χ0) is 24.0. The predicted molar refractivity (Wildman–Crippen MR) is 123 cm³/mol. The largest absolute Gasteiger partial charge is 0.508 e. The van der Waals surface area contributed by atoms with Gasteiger partial charge in [-0.05, 0) is 30.3 Å². The number of hydrogen-bond donors (Lipinski definition) is 2. The molecule has 1 aliphatic rings. The van der Waals surface area contributed by atoms with Crippen LogP contribution < -0.4 is 19.6 Å². The molecule has 5 rings (SSSR count). The normalized spacial score (nSPS) is 15.0. The van der Waals surface area contributed by atoms with Gasteiger partial charge < -0.3 is 28.8 Å². The SMILES string of the molecule is COc1cccc(C2CC(=O)Oc3cc(O)c4c(=O)cc(-c5ccc(O)cc5)oc4c32)c1OC. The third-order valence-corrected chi connectivity index (χ3v) is 5.89. The summed E-state index contributed by atoms with van der Waals surface area (Å²) in [6.45, 7) is 0. The van der Waals surface area contributed by atoms with Crippen molar-refractivity contribution in [2.24, 2.45) is 0 Å². The molecule has 3 aromatic carbocycles. The Morgan fingerprint density at radius 3 is 2.44 bits per heavy atom. The number of ether oxygens (including phenoxy) is 3. The molecule has 1 unspecified atom stereocenters. The Morgan fingerprint density at radius 2 is 1.74 bits per heavy atom. The van der Waals surface area contributed by atoms with Crippen molar-refractivity contribution in [2.75, 3.05) is 14.2 Å². The summed E-state index contributed by atoms with van der Waals surface area (Å²) in [7, 11) is 3.02. The molecule has 8 heteroatoms. The van der Waals surface area contributed by atoms with Gasteiger partial charge in [0.25, 0.3) is 0 Å². The summed E-state index contributed by atoms with van der Waals surface area (Å²) in [5.41, 5.74) is 1.28. The van der Waals surface area contributed by atoms with Crippen LogP contribution in [0.3, 0.4) is 0 Å². The first-order valence-corrected chi connectivity index (χ1v) is 10.5. The topological polar surface area (TPSA) is 115 Å². The van der Waals surface area contributed by atoms with E-state index in [4.69, 9.17) is 18.6 Å². The van der Waals surface area contributed by atoms with Crippen LogP contribution in [0.5, 0.6) is 28.7 Å². The lowest BCUT2D eigenvalue weighted by atomic mass is 9.84. The molecular formula is C26H20O8. The highest BCUT2D eigenvalue weighted by Gasteiger charge is 2.35. The van der Waals surface area contributed by atoms with Crippen molar-refractivity contribution in [3.05, 3.63) is 75.9 Å². The monoisotopic (exact) mass is 460 g/mol. The Labute approximate surface area is 193 Å². The van der Waals surface area contributed by atoms with Gasteiger partial charge in [0.2, 0.25) is 0 Å². The Kier molecular flexibility index (Phi) is 5.13. The lowest BCUT2D eigenvalue weighted by molar-refractivity contribution is -0.135. The smallest absolute Gasteiger partial charge is 0.312 e. The number of phenolic OH excluding ortho intramolecular Hbond substituents is 2. The number of aromatic hydroxyl groups is 2. The summed E-state index contributed by atoms with van der Waals surface area (Å²) in [6, 6.07) is 14.0. The summed E-state index contributed by atoms with van der Waals surface area (Å²) >= 11 is 0. The van der Waals surface area contributed by atoms with E-state index < -0.39 is 17.3 Å². The van der Waals surface area contributed by atoms with Crippen molar-refractivity contribution in [3.8, 4) is 40.1 Å². The molecule has 1 atom stereocenters. The summed E-state index contributed by atoms with van der Waals surface area (Å²) < 4.78 is 22.6. The number of carbonyl (C=O) groups excluding carboxylic acids is 1. The molecule has 0 aliphatic carbocycles. The number of rotatable bonds is 4. The summed E-state index contributed by atoms with van der Waals surface area (Å²) in [5, 5.41) is 20.2. The van der Waals surface area contributed by atoms with Crippen LogP contribution in [0.15, 0.2) is 63.8 Å². The Morgan fingerprint density at radius 1 is 0.971 bits per heavy atom. The average Bonchev–Trinajstić information content (AvgIpc) is 2.82. The molecule has 8 nitrogen and oxygen atoms in total. The Hall–Kier alpha value is -4.46. The van der Waals surface area contributed by atoms with Crippen LogP contribution >= 0.6 is 0 Å². The van der Waals surface area contributed by atoms with Crippen molar-refractivity contribution in [2.45, 2.75) is 12.3 Å². The van der Waals surface area contributed by atoms with Gasteiger partial charge in [-0.3, -0.25) is 9.59 Å². The molecule has 0 radical (unpaired) electrons. The maximum atomic E-state index is 13.1. The van der Waals surface area contributed by atoms with Gasteiger partial charge in [0, 0.05) is 34.7 Å². The number of para-hydroxylation sites is 1. The van der Waals surface area contributed by atoms with Crippen molar-refractivity contribution >= 4 is 16.9 Å². The van der Waals surface area contributed by atoms with Gasteiger partial charge in [0.15, 0.2) is 16.9 Å². The molecule has 0 fully saturated rings. The standard InChI is InChI=1S/C26H20O8/c1-31-19-5-3-4-15(25(19)32-2)16-10-22(30)33-21-12-18(29)24-17(28)11-20(34-26(24)23(16)21)13-6-8-14(27)9-7-13/h3-9,11-12,16,27,29H,10H2,1-2H3. The molecule has 1 aliphatic heterocycles. The highest BCUT2D eigenvalue weighted by Crippen LogP contribution is 2.49. The first kappa shape index (κ1) is 21.4. The maximum Gasteiger partial charge on any atom is 0.312 e. The van der Waals surface area contributed by atoms with Crippen LogP contribution in [-0.2, 0) is 4.79 Å². The fraction of sp³-hybridized carbons (Fsp3) is 0.154. The number of methoxy groups -OCH3 is 2. The quantitative estimate of drug-likeness (QED) is 0.342. The Bertz CT molecular complexity index is 1480. The van der Waals surface area contributed by atoms with Gasteiger partial charge in [-0.15, -0.1) is 0 Å². The maximum absolute atomic E-state index is 13.1. The molecule has 172 valence electrons. The minimum atomic E-state index is -0.595. The highest BCUT2D eigenvalue weighted by molar-refractivity contribution is 5.93. The molecule has 0 saturated heterocycles. The molecule has 2 N–H and O–H groups in total. The number of fused-ring (bicyclic) bond motifs is 3.